The minimum absolute atomic E-state index is 0.151. The summed E-state index contributed by atoms with van der Waals surface area (Å²) in [4.78, 5) is 4.92. The molecule has 1 aliphatic heterocycles. The molecule has 4 heteroatoms. The zero-order chi connectivity index (χ0) is 16.8. The number of nitrogens with zero attached hydrogens (tertiary/aromatic N) is 2. The van der Waals surface area contributed by atoms with Crippen LogP contribution in [0.5, 0.6) is 0 Å². The highest BCUT2D eigenvalue weighted by Crippen LogP contribution is 2.22. The summed E-state index contributed by atoms with van der Waals surface area (Å²) in [6.07, 6.45) is 0.151. The third-order valence-electron chi connectivity index (χ3n) is 4.53. The van der Waals surface area contributed by atoms with E-state index in [-0.39, 0.29) is 6.10 Å². The van der Waals surface area contributed by atoms with Gasteiger partial charge in [0.05, 0.1) is 6.10 Å². The van der Waals surface area contributed by atoms with E-state index in [0.717, 1.165) is 44.4 Å². The second-order valence-corrected chi connectivity index (χ2v) is 6.56. The van der Waals surface area contributed by atoms with Crippen LogP contribution in [-0.2, 0) is 4.74 Å². The summed E-state index contributed by atoms with van der Waals surface area (Å²) < 4.78 is 5.99. The standard InChI is InChI=1S/C20H25ClN2O/c1-2-24-20(17-6-4-3-5-7-17)16-22-12-14-23(15-13-22)19-10-8-18(21)9-11-19/h3-11,20H,2,12-16H2,1H3. The highest BCUT2D eigenvalue weighted by atomic mass is 35.5. The average molecular weight is 345 g/mol. The lowest BCUT2D eigenvalue weighted by atomic mass is 10.1. The molecular weight excluding hydrogens is 320 g/mol. The Hall–Kier alpha value is -1.55. The molecule has 0 spiro atoms. The molecule has 1 fully saturated rings. The lowest BCUT2D eigenvalue weighted by Gasteiger charge is -2.37. The van der Waals surface area contributed by atoms with Gasteiger partial charge < -0.3 is 9.64 Å². The minimum atomic E-state index is 0.151. The van der Waals surface area contributed by atoms with E-state index in [0.29, 0.717) is 0 Å². The quantitative estimate of drug-likeness (QED) is 0.779. The molecule has 1 heterocycles. The number of piperazine rings is 1. The Morgan fingerprint density at radius 2 is 1.62 bits per heavy atom. The van der Waals surface area contributed by atoms with Crippen molar-refractivity contribution in [2.75, 3.05) is 44.2 Å². The molecule has 0 saturated carbocycles. The summed E-state index contributed by atoms with van der Waals surface area (Å²) in [5.74, 6) is 0. The van der Waals surface area contributed by atoms with Crippen LogP contribution in [0.1, 0.15) is 18.6 Å². The van der Waals surface area contributed by atoms with Gasteiger partial charge in [-0.2, -0.15) is 0 Å². The van der Waals surface area contributed by atoms with E-state index in [2.05, 4.69) is 59.2 Å². The van der Waals surface area contributed by atoms with Crippen LogP contribution < -0.4 is 4.90 Å². The fourth-order valence-corrected chi connectivity index (χ4v) is 3.32. The Labute approximate surface area is 149 Å². The molecular formula is C20H25ClN2O. The summed E-state index contributed by atoms with van der Waals surface area (Å²) in [5, 5.41) is 0.791. The van der Waals surface area contributed by atoms with Gasteiger partial charge in [0, 0.05) is 50.0 Å². The molecule has 2 aromatic rings. The van der Waals surface area contributed by atoms with Crippen LogP contribution in [0.15, 0.2) is 54.6 Å². The Morgan fingerprint density at radius 1 is 0.958 bits per heavy atom. The van der Waals surface area contributed by atoms with Gasteiger partial charge in [0.25, 0.3) is 0 Å². The van der Waals surface area contributed by atoms with Crippen LogP contribution in [0.25, 0.3) is 0 Å². The Morgan fingerprint density at radius 3 is 2.25 bits per heavy atom. The van der Waals surface area contributed by atoms with Gasteiger partial charge in [-0.3, -0.25) is 4.90 Å². The number of anilines is 1. The van der Waals surface area contributed by atoms with Crippen molar-refractivity contribution in [1.29, 1.82) is 0 Å². The molecule has 0 aliphatic carbocycles. The molecule has 128 valence electrons. The van der Waals surface area contributed by atoms with Gasteiger partial charge in [0.1, 0.15) is 0 Å². The molecule has 2 aromatic carbocycles. The highest BCUT2D eigenvalue weighted by molar-refractivity contribution is 6.30. The maximum Gasteiger partial charge on any atom is 0.0951 e. The molecule has 1 aliphatic rings. The number of rotatable bonds is 6. The number of benzene rings is 2. The summed E-state index contributed by atoms with van der Waals surface area (Å²) in [5.41, 5.74) is 2.52. The van der Waals surface area contributed by atoms with Gasteiger partial charge in [-0.1, -0.05) is 41.9 Å². The third kappa shape index (κ3) is 4.50. The molecule has 0 aromatic heterocycles. The number of hydrogen-bond acceptors (Lipinski definition) is 3. The summed E-state index contributed by atoms with van der Waals surface area (Å²) in [7, 11) is 0. The van der Waals surface area contributed by atoms with Crippen LogP contribution in [0.2, 0.25) is 5.02 Å². The van der Waals surface area contributed by atoms with Crippen molar-refractivity contribution in [3.05, 3.63) is 65.2 Å². The van der Waals surface area contributed by atoms with Crippen molar-refractivity contribution in [3.63, 3.8) is 0 Å². The Bertz CT molecular complexity index is 609. The lowest BCUT2D eigenvalue weighted by Crippen LogP contribution is -2.47. The van der Waals surface area contributed by atoms with E-state index < -0.39 is 0 Å². The second kappa shape index (κ2) is 8.52. The predicted octanol–water partition coefficient (Wildman–Crippen LogP) is 4.24. The van der Waals surface area contributed by atoms with Gasteiger partial charge in [0.2, 0.25) is 0 Å². The highest BCUT2D eigenvalue weighted by Gasteiger charge is 2.21. The van der Waals surface area contributed by atoms with Crippen LogP contribution in [0.3, 0.4) is 0 Å². The molecule has 1 atom stereocenters. The predicted molar refractivity (Wildman–Crippen MR) is 101 cm³/mol. The van der Waals surface area contributed by atoms with Gasteiger partial charge in [-0.25, -0.2) is 0 Å². The van der Waals surface area contributed by atoms with Crippen LogP contribution in [0.4, 0.5) is 5.69 Å². The van der Waals surface area contributed by atoms with Gasteiger partial charge in [-0.15, -0.1) is 0 Å². The number of halogens is 1. The molecule has 0 bridgehead atoms. The van der Waals surface area contributed by atoms with E-state index in [1.165, 1.54) is 11.3 Å². The topological polar surface area (TPSA) is 15.7 Å². The first-order valence-corrected chi connectivity index (χ1v) is 9.03. The van der Waals surface area contributed by atoms with E-state index in [4.69, 9.17) is 16.3 Å². The summed E-state index contributed by atoms with van der Waals surface area (Å²) in [6, 6.07) is 18.7. The second-order valence-electron chi connectivity index (χ2n) is 6.12. The fraction of sp³-hybridized carbons (Fsp3) is 0.400. The average Bonchev–Trinajstić information content (AvgIpc) is 2.63. The van der Waals surface area contributed by atoms with Crippen molar-refractivity contribution in [3.8, 4) is 0 Å². The third-order valence-corrected chi connectivity index (χ3v) is 4.78. The molecule has 3 nitrogen and oxygen atoms in total. The van der Waals surface area contributed by atoms with Gasteiger partial charge in [-0.05, 0) is 36.8 Å². The molecule has 24 heavy (non-hydrogen) atoms. The zero-order valence-electron chi connectivity index (χ0n) is 14.2. The Balaban J connectivity index is 1.56. The number of hydrogen-bond donors (Lipinski definition) is 0. The van der Waals surface area contributed by atoms with Crippen molar-refractivity contribution in [2.24, 2.45) is 0 Å². The fourth-order valence-electron chi connectivity index (χ4n) is 3.20. The van der Waals surface area contributed by atoms with E-state index in [1.807, 2.05) is 12.1 Å². The maximum absolute atomic E-state index is 5.99. The SMILES string of the molecule is CCOC(CN1CCN(c2ccc(Cl)cc2)CC1)c1ccccc1. The maximum atomic E-state index is 5.99. The zero-order valence-corrected chi connectivity index (χ0v) is 15.0. The van der Waals surface area contributed by atoms with Crippen LogP contribution >= 0.6 is 11.6 Å². The van der Waals surface area contributed by atoms with Crippen molar-refractivity contribution < 1.29 is 4.74 Å². The lowest BCUT2D eigenvalue weighted by molar-refractivity contribution is 0.0311. The van der Waals surface area contributed by atoms with Crippen LogP contribution in [0, 0.1) is 0 Å². The molecule has 1 saturated heterocycles. The van der Waals surface area contributed by atoms with Crippen molar-refractivity contribution in [2.45, 2.75) is 13.0 Å². The molecule has 0 N–H and O–H groups in total. The van der Waals surface area contributed by atoms with E-state index in [1.54, 1.807) is 0 Å². The first kappa shape index (κ1) is 17.3. The van der Waals surface area contributed by atoms with Crippen molar-refractivity contribution >= 4 is 17.3 Å². The first-order valence-electron chi connectivity index (χ1n) is 8.65. The first-order chi connectivity index (χ1) is 11.8. The van der Waals surface area contributed by atoms with E-state index in [9.17, 15) is 0 Å². The molecule has 3 rings (SSSR count). The number of ether oxygens (including phenoxy) is 1. The molecule has 0 amide bonds. The van der Waals surface area contributed by atoms with E-state index >= 15 is 0 Å². The minimum Gasteiger partial charge on any atom is -0.372 e. The van der Waals surface area contributed by atoms with Crippen molar-refractivity contribution in [1.82, 2.24) is 4.90 Å². The van der Waals surface area contributed by atoms with Gasteiger partial charge >= 0.3 is 0 Å². The summed E-state index contributed by atoms with van der Waals surface area (Å²) in [6.45, 7) is 7.94. The van der Waals surface area contributed by atoms with Gasteiger partial charge in [0.15, 0.2) is 0 Å². The molecule has 1 unspecified atom stereocenters. The van der Waals surface area contributed by atoms with Crippen LogP contribution in [-0.4, -0.2) is 44.2 Å². The largest absolute Gasteiger partial charge is 0.372 e. The Kier molecular flexibility index (Phi) is 6.13. The monoisotopic (exact) mass is 344 g/mol. The summed E-state index contributed by atoms with van der Waals surface area (Å²) >= 11 is 5.98. The molecule has 0 radical (unpaired) electrons. The smallest absolute Gasteiger partial charge is 0.0951 e. The normalized spacial score (nSPS) is 17.0.